The number of benzene rings is 2. The van der Waals surface area contributed by atoms with Crippen molar-refractivity contribution in [2.45, 2.75) is 0 Å². The van der Waals surface area contributed by atoms with Crippen LogP contribution in [0.4, 0.5) is 0 Å². The molecule has 0 aliphatic carbocycles. The number of methoxy groups -OCH3 is 1. The zero-order valence-electron chi connectivity index (χ0n) is 11.8. The Morgan fingerprint density at radius 1 is 1.14 bits per heavy atom. The van der Waals surface area contributed by atoms with E-state index in [0.717, 1.165) is 26.7 Å². The van der Waals surface area contributed by atoms with Crippen LogP contribution < -0.4 is 10.5 Å². The zero-order valence-corrected chi connectivity index (χ0v) is 13.4. The number of nitrogens with two attached hydrogens (primary N) is 1. The Morgan fingerprint density at radius 2 is 1.86 bits per heavy atom. The van der Waals surface area contributed by atoms with E-state index in [2.05, 4.69) is 20.9 Å². The molecule has 5 heteroatoms. The van der Waals surface area contributed by atoms with Crippen molar-refractivity contribution in [3.8, 4) is 17.0 Å². The first-order valence-electron chi connectivity index (χ1n) is 6.63. The lowest BCUT2D eigenvalue weighted by Gasteiger charge is -2.08. The molecule has 2 aromatic carbocycles. The lowest BCUT2D eigenvalue weighted by molar-refractivity contribution is 0.100. The number of nitrogens with zero attached hydrogens (tertiary/aromatic N) is 1. The smallest absolute Gasteiger partial charge is 0.249 e. The number of ether oxygens (including phenoxy) is 1. The van der Waals surface area contributed by atoms with Crippen LogP contribution in [0.25, 0.3) is 22.2 Å². The normalized spacial score (nSPS) is 10.6. The van der Waals surface area contributed by atoms with E-state index in [1.54, 1.807) is 13.2 Å². The molecule has 0 saturated heterocycles. The maximum atomic E-state index is 11.8. The zero-order chi connectivity index (χ0) is 15.7. The van der Waals surface area contributed by atoms with Gasteiger partial charge >= 0.3 is 0 Å². The fourth-order valence-electron chi connectivity index (χ4n) is 2.31. The first kappa shape index (κ1) is 14.5. The Bertz CT molecular complexity index is 860. The number of amides is 1. The molecule has 1 aromatic heterocycles. The summed E-state index contributed by atoms with van der Waals surface area (Å²) in [6.07, 6.45) is 0. The summed E-state index contributed by atoms with van der Waals surface area (Å²) in [6.45, 7) is 0. The van der Waals surface area contributed by atoms with Gasteiger partial charge in [0.25, 0.3) is 0 Å². The van der Waals surface area contributed by atoms with Gasteiger partial charge in [-0.1, -0.05) is 15.9 Å². The standard InChI is InChI=1S/C17H13BrN2O2/c1-22-12-5-2-10(3-6-12)16-9-14(17(19)21)13-8-11(18)4-7-15(13)20-16/h2-9H,1H3,(H2,19,21). The quantitative estimate of drug-likeness (QED) is 0.776. The SMILES string of the molecule is COc1ccc(-c2cc(C(N)=O)c3cc(Br)ccc3n2)cc1. The van der Waals surface area contributed by atoms with Crippen molar-refractivity contribution in [2.24, 2.45) is 5.73 Å². The number of carbonyl (C=O) groups excluding carboxylic acids is 1. The van der Waals surface area contributed by atoms with Gasteiger partial charge in [-0.25, -0.2) is 4.98 Å². The van der Waals surface area contributed by atoms with E-state index in [1.807, 2.05) is 42.5 Å². The van der Waals surface area contributed by atoms with E-state index in [-0.39, 0.29) is 0 Å². The second-order valence-electron chi connectivity index (χ2n) is 4.81. The summed E-state index contributed by atoms with van der Waals surface area (Å²) >= 11 is 3.40. The molecule has 0 bridgehead atoms. The van der Waals surface area contributed by atoms with Crippen LogP contribution in [0.2, 0.25) is 0 Å². The molecule has 1 heterocycles. The predicted octanol–water partition coefficient (Wildman–Crippen LogP) is 3.77. The van der Waals surface area contributed by atoms with Gasteiger partial charge in [0.15, 0.2) is 0 Å². The van der Waals surface area contributed by atoms with Gasteiger partial charge in [0, 0.05) is 15.4 Å². The molecule has 3 rings (SSSR count). The molecule has 0 fully saturated rings. The Morgan fingerprint density at radius 3 is 2.50 bits per heavy atom. The second-order valence-corrected chi connectivity index (χ2v) is 5.72. The number of halogens is 1. The lowest BCUT2D eigenvalue weighted by Crippen LogP contribution is -2.12. The molecule has 0 saturated carbocycles. The summed E-state index contributed by atoms with van der Waals surface area (Å²) in [5.41, 5.74) is 8.30. The van der Waals surface area contributed by atoms with E-state index in [0.29, 0.717) is 11.3 Å². The Kier molecular flexibility index (Phi) is 3.81. The minimum atomic E-state index is -0.472. The molecule has 2 N–H and O–H groups in total. The van der Waals surface area contributed by atoms with Gasteiger partial charge in [0.2, 0.25) is 5.91 Å². The van der Waals surface area contributed by atoms with Gasteiger partial charge in [-0.15, -0.1) is 0 Å². The Balaban J connectivity index is 2.21. The molecule has 4 nitrogen and oxygen atoms in total. The molecule has 22 heavy (non-hydrogen) atoms. The number of hydrogen-bond acceptors (Lipinski definition) is 3. The number of aromatic nitrogens is 1. The lowest BCUT2D eigenvalue weighted by atomic mass is 10.0. The average Bonchev–Trinajstić information content (AvgIpc) is 2.53. The molecule has 0 unspecified atom stereocenters. The highest BCUT2D eigenvalue weighted by Crippen LogP contribution is 2.27. The van der Waals surface area contributed by atoms with Crippen LogP contribution in [0, 0.1) is 0 Å². The summed E-state index contributed by atoms with van der Waals surface area (Å²) < 4.78 is 6.03. The van der Waals surface area contributed by atoms with Crippen LogP contribution in [-0.4, -0.2) is 18.0 Å². The first-order valence-corrected chi connectivity index (χ1v) is 7.42. The molecule has 0 aliphatic heterocycles. The minimum Gasteiger partial charge on any atom is -0.497 e. The number of primary amides is 1. The largest absolute Gasteiger partial charge is 0.497 e. The number of carbonyl (C=O) groups is 1. The molecule has 1 amide bonds. The van der Waals surface area contributed by atoms with Crippen molar-refractivity contribution in [3.05, 3.63) is 58.6 Å². The molecule has 110 valence electrons. The number of pyridine rings is 1. The molecule has 0 atom stereocenters. The van der Waals surface area contributed by atoms with Gasteiger partial charge in [-0.3, -0.25) is 4.79 Å². The van der Waals surface area contributed by atoms with Crippen molar-refractivity contribution in [3.63, 3.8) is 0 Å². The van der Waals surface area contributed by atoms with Crippen molar-refractivity contribution < 1.29 is 9.53 Å². The van der Waals surface area contributed by atoms with Crippen molar-refractivity contribution in [1.29, 1.82) is 0 Å². The number of hydrogen-bond donors (Lipinski definition) is 1. The second kappa shape index (κ2) is 5.77. The Labute approximate surface area is 136 Å². The maximum Gasteiger partial charge on any atom is 0.249 e. The molecular formula is C17H13BrN2O2. The third-order valence-electron chi connectivity index (χ3n) is 3.42. The molecular weight excluding hydrogens is 344 g/mol. The van der Waals surface area contributed by atoms with E-state index < -0.39 is 5.91 Å². The molecule has 0 aliphatic rings. The fraction of sp³-hybridized carbons (Fsp3) is 0.0588. The van der Waals surface area contributed by atoms with E-state index in [4.69, 9.17) is 10.5 Å². The Hall–Kier alpha value is -2.40. The highest BCUT2D eigenvalue weighted by molar-refractivity contribution is 9.10. The van der Waals surface area contributed by atoms with E-state index in [1.165, 1.54) is 0 Å². The monoisotopic (exact) mass is 356 g/mol. The fourth-order valence-corrected chi connectivity index (χ4v) is 2.67. The van der Waals surface area contributed by atoms with Crippen LogP contribution in [0.1, 0.15) is 10.4 Å². The van der Waals surface area contributed by atoms with Crippen LogP contribution in [0.3, 0.4) is 0 Å². The highest BCUT2D eigenvalue weighted by atomic mass is 79.9. The topological polar surface area (TPSA) is 65.2 Å². The van der Waals surface area contributed by atoms with Crippen LogP contribution >= 0.6 is 15.9 Å². The van der Waals surface area contributed by atoms with Crippen molar-refractivity contribution in [2.75, 3.05) is 7.11 Å². The van der Waals surface area contributed by atoms with E-state index >= 15 is 0 Å². The molecule has 0 radical (unpaired) electrons. The van der Waals surface area contributed by atoms with Crippen molar-refractivity contribution in [1.82, 2.24) is 4.98 Å². The van der Waals surface area contributed by atoms with Crippen LogP contribution in [0.5, 0.6) is 5.75 Å². The predicted molar refractivity (Wildman–Crippen MR) is 89.9 cm³/mol. The van der Waals surface area contributed by atoms with Gasteiger partial charge in [-0.05, 0) is 48.5 Å². The third kappa shape index (κ3) is 2.67. The van der Waals surface area contributed by atoms with Crippen LogP contribution in [-0.2, 0) is 0 Å². The number of rotatable bonds is 3. The summed E-state index contributed by atoms with van der Waals surface area (Å²) in [5.74, 6) is 0.295. The summed E-state index contributed by atoms with van der Waals surface area (Å²) in [6, 6.07) is 14.8. The minimum absolute atomic E-state index is 0.456. The third-order valence-corrected chi connectivity index (χ3v) is 3.92. The van der Waals surface area contributed by atoms with Crippen LogP contribution in [0.15, 0.2) is 53.0 Å². The summed E-state index contributed by atoms with van der Waals surface area (Å²) in [5, 5.41) is 0.735. The van der Waals surface area contributed by atoms with E-state index in [9.17, 15) is 4.79 Å². The highest BCUT2D eigenvalue weighted by Gasteiger charge is 2.12. The van der Waals surface area contributed by atoms with Gasteiger partial charge in [-0.2, -0.15) is 0 Å². The average molecular weight is 357 g/mol. The summed E-state index contributed by atoms with van der Waals surface area (Å²) in [7, 11) is 1.62. The molecule has 3 aromatic rings. The maximum absolute atomic E-state index is 11.8. The first-order chi connectivity index (χ1) is 10.6. The summed E-state index contributed by atoms with van der Waals surface area (Å²) in [4.78, 5) is 16.4. The molecule has 0 spiro atoms. The number of fused-ring (bicyclic) bond motifs is 1. The van der Waals surface area contributed by atoms with Crippen molar-refractivity contribution >= 4 is 32.7 Å². The van der Waals surface area contributed by atoms with Gasteiger partial charge in [0.1, 0.15) is 5.75 Å². The van der Waals surface area contributed by atoms with Gasteiger partial charge < -0.3 is 10.5 Å². The van der Waals surface area contributed by atoms with Gasteiger partial charge in [0.05, 0.1) is 23.9 Å².